The van der Waals surface area contributed by atoms with Gasteiger partial charge in [0.2, 0.25) is 5.91 Å². The van der Waals surface area contributed by atoms with E-state index in [1.165, 1.54) is 0 Å². The molecule has 1 atom stereocenters. The summed E-state index contributed by atoms with van der Waals surface area (Å²) in [5.41, 5.74) is 6.57. The Labute approximate surface area is 143 Å². The second-order valence-electron chi connectivity index (χ2n) is 5.63. The smallest absolute Gasteiger partial charge is 0.236 e. The maximum atomic E-state index is 11.8. The van der Waals surface area contributed by atoms with Gasteiger partial charge in [-0.1, -0.05) is 56.5 Å². The number of nitrogens with two attached hydrogens (primary N) is 1. The molecular weight excluding hydrogens is 331 g/mol. The minimum Gasteiger partial charge on any atom is -0.354 e. The molecule has 1 amide bonds. The van der Waals surface area contributed by atoms with Crippen molar-refractivity contribution in [3.8, 4) is 0 Å². The number of carbonyl (C=O) groups excluding carboxylic acids is 1. The molecule has 0 bridgehead atoms. The first-order valence-electron chi connectivity index (χ1n) is 6.76. The molecule has 120 valence electrons. The van der Waals surface area contributed by atoms with E-state index in [4.69, 9.17) is 28.9 Å². The zero-order valence-corrected chi connectivity index (χ0v) is 14.9. The largest absolute Gasteiger partial charge is 0.354 e. The fraction of sp³-hybridized carbons (Fsp3) is 0.533. The van der Waals surface area contributed by atoms with Crippen molar-refractivity contribution in [3.05, 3.63) is 33.8 Å². The van der Waals surface area contributed by atoms with Crippen molar-refractivity contribution in [2.45, 2.75) is 45.1 Å². The Kier molecular flexibility index (Phi) is 8.64. The molecule has 0 spiro atoms. The number of amides is 1. The number of carbonyl (C=O) groups is 1. The quantitative estimate of drug-likeness (QED) is 0.814. The first-order valence-corrected chi connectivity index (χ1v) is 7.52. The van der Waals surface area contributed by atoms with Crippen LogP contribution in [-0.4, -0.2) is 18.5 Å². The highest BCUT2D eigenvalue weighted by atomic mass is 35.5. The summed E-state index contributed by atoms with van der Waals surface area (Å²) in [4.78, 5) is 11.8. The lowest BCUT2D eigenvalue weighted by Gasteiger charge is -2.26. The third-order valence-corrected chi connectivity index (χ3v) is 4.08. The number of rotatable bonds is 6. The highest BCUT2D eigenvalue weighted by molar-refractivity contribution is 6.42. The Morgan fingerprint density at radius 1 is 1.33 bits per heavy atom. The van der Waals surface area contributed by atoms with Gasteiger partial charge in [0.1, 0.15) is 0 Å². The summed E-state index contributed by atoms with van der Waals surface area (Å²) in [5, 5.41) is 3.95. The van der Waals surface area contributed by atoms with Crippen LogP contribution in [0, 0.1) is 0 Å². The average molecular weight is 354 g/mol. The Morgan fingerprint density at radius 2 is 1.95 bits per heavy atom. The second-order valence-corrected chi connectivity index (χ2v) is 6.44. The van der Waals surface area contributed by atoms with Crippen LogP contribution in [-0.2, 0) is 10.2 Å². The van der Waals surface area contributed by atoms with Crippen molar-refractivity contribution in [2.75, 3.05) is 6.54 Å². The van der Waals surface area contributed by atoms with Gasteiger partial charge in [0.25, 0.3) is 0 Å². The third-order valence-electron chi connectivity index (χ3n) is 3.34. The maximum absolute atomic E-state index is 11.8. The SMILES string of the molecule is CCCC(N)C(=O)NCC(C)(C)c1ccc(Cl)c(Cl)c1.Cl. The Bertz CT molecular complexity index is 478. The average Bonchev–Trinajstić information content (AvgIpc) is 2.39. The van der Waals surface area contributed by atoms with Crippen molar-refractivity contribution in [2.24, 2.45) is 5.73 Å². The zero-order chi connectivity index (χ0) is 15.3. The Balaban J connectivity index is 0.00000400. The number of hydrogen-bond acceptors (Lipinski definition) is 2. The minimum absolute atomic E-state index is 0. The van der Waals surface area contributed by atoms with Crippen LogP contribution in [0.2, 0.25) is 10.0 Å². The van der Waals surface area contributed by atoms with Crippen LogP contribution in [0.1, 0.15) is 39.2 Å². The van der Waals surface area contributed by atoms with Crippen molar-refractivity contribution < 1.29 is 4.79 Å². The molecule has 3 nitrogen and oxygen atoms in total. The number of nitrogens with one attached hydrogen (secondary N) is 1. The molecule has 0 aliphatic rings. The molecule has 0 radical (unpaired) electrons. The standard InChI is InChI=1S/C15H22Cl2N2O.ClH/c1-4-5-13(18)14(20)19-9-15(2,3)10-6-7-11(16)12(17)8-10;/h6-8,13H,4-5,9,18H2,1-3H3,(H,19,20);1H. The summed E-state index contributed by atoms with van der Waals surface area (Å²) in [7, 11) is 0. The molecule has 0 aromatic heterocycles. The monoisotopic (exact) mass is 352 g/mol. The van der Waals surface area contributed by atoms with Gasteiger partial charge in [0.05, 0.1) is 16.1 Å². The normalized spacial score (nSPS) is 12.5. The van der Waals surface area contributed by atoms with Gasteiger partial charge < -0.3 is 11.1 Å². The molecule has 3 N–H and O–H groups in total. The van der Waals surface area contributed by atoms with Crippen LogP contribution in [0.4, 0.5) is 0 Å². The molecule has 0 fully saturated rings. The molecule has 0 aliphatic carbocycles. The van der Waals surface area contributed by atoms with E-state index in [1.807, 2.05) is 32.9 Å². The first-order chi connectivity index (χ1) is 9.27. The van der Waals surface area contributed by atoms with E-state index < -0.39 is 6.04 Å². The molecular formula is C15H23Cl3N2O. The third kappa shape index (κ3) is 6.03. The predicted molar refractivity (Wildman–Crippen MR) is 92.6 cm³/mol. The summed E-state index contributed by atoms with van der Waals surface area (Å²) in [5.74, 6) is -0.111. The summed E-state index contributed by atoms with van der Waals surface area (Å²) >= 11 is 12.0. The lowest BCUT2D eigenvalue weighted by atomic mass is 9.84. The van der Waals surface area contributed by atoms with Crippen molar-refractivity contribution in [1.82, 2.24) is 5.32 Å². The van der Waals surface area contributed by atoms with Crippen molar-refractivity contribution >= 4 is 41.5 Å². The molecule has 1 rings (SSSR count). The van der Waals surface area contributed by atoms with Gasteiger partial charge in [-0.05, 0) is 24.1 Å². The molecule has 21 heavy (non-hydrogen) atoms. The summed E-state index contributed by atoms with van der Waals surface area (Å²) in [6.45, 7) is 6.59. The van der Waals surface area contributed by atoms with Crippen LogP contribution in [0.3, 0.4) is 0 Å². The molecule has 6 heteroatoms. The highest BCUT2D eigenvalue weighted by Gasteiger charge is 2.23. The lowest BCUT2D eigenvalue weighted by molar-refractivity contribution is -0.122. The minimum atomic E-state index is -0.440. The van der Waals surface area contributed by atoms with E-state index in [0.717, 1.165) is 12.0 Å². The Hall–Kier alpha value is -0.480. The fourth-order valence-electron chi connectivity index (χ4n) is 1.90. The van der Waals surface area contributed by atoms with Crippen LogP contribution in [0.5, 0.6) is 0 Å². The molecule has 0 aliphatic heterocycles. The predicted octanol–water partition coefficient (Wildman–Crippen LogP) is 3.94. The van der Waals surface area contributed by atoms with Crippen LogP contribution >= 0.6 is 35.6 Å². The molecule has 0 saturated heterocycles. The summed E-state index contributed by atoms with van der Waals surface area (Å²) in [6.07, 6.45) is 1.59. The Morgan fingerprint density at radius 3 is 2.48 bits per heavy atom. The summed E-state index contributed by atoms with van der Waals surface area (Å²) < 4.78 is 0. The highest BCUT2D eigenvalue weighted by Crippen LogP contribution is 2.29. The first kappa shape index (κ1) is 20.5. The van der Waals surface area contributed by atoms with Gasteiger partial charge in [-0.3, -0.25) is 4.79 Å². The molecule has 1 aromatic carbocycles. The van der Waals surface area contributed by atoms with Crippen molar-refractivity contribution in [1.29, 1.82) is 0 Å². The number of hydrogen-bond donors (Lipinski definition) is 2. The van der Waals surface area contributed by atoms with Gasteiger partial charge in [-0.15, -0.1) is 12.4 Å². The van der Waals surface area contributed by atoms with Gasteiger partial charge in [0, 0.05) is 12.0 Å². The number of benzene rings is 1. The fourth-order valence-corrected chi connectivity index (χ4v) is 2.20. The van der Waals surface area contributed by atoms with Gasteiger partial charge in [-0.2, -0.15) is 0 Å². The van der Waals surface area contributed by atoms with E-state index in [2.05, 4.69) is 5.32 Å². The van der Waals surface area contributed by atoms with E-state index in [9.17, 15) is 4.79 Å². The molecule has 1 aromatic rings. The van der Waals surface area contributed by atoms with Crippen LogP contribution in [0.25, 0.3) is 0 Å². The topological polar surface area (TPSA) is 55.1 Å². The van der Waals surface area contributed by atoms with Crippen LogP contribution < -0.4 is 11.1 Å². The number of halogens is 3. The molecule has 0 heterocycles. The second kappa shape index (κ2) is 8.84. The van der Waals surface area contributed by atoms with Gasteiger partial charge in [0.15, 0.2) is 0 Å². The zero-order valence-electron chi connectivity index (χ0n) is 12.6. The van der Waals surface area contributed by atoms with E-state index >= 15 is 0 Å². The maximum Gasteiger partial charge on any atom is 0.236 e. The van der Waals surface area contributed by atoms with Crippen LogP contribution in [0.15, 0.2) is 18.2 Å². The van der Waals surface area contributed by atoms with Gasteiger partial charge >= 0.3 is 0 Å². The van der Waals surface area contributed by atoms with E-state index in [0.29, 0.717) is 23.0 Å². The van der Waals surface area contributed by atoms with E-state index in [1.54, 1.807) is 6.07 Å². The van der Waals surface area contributed by atoms with E-state index in [-0.39, 0.29) is 23.7 Å². The van der Waals surface area contributed by atoms with Gasteiger partial charge in [-0.25, -0.2) is 0 Å². The van der Waals surface area contributed by atoms with Crippen molar-refractivity contribution in [3.63, 3.8) is 0 Å². The summed E-state index contributed by atoms with van der Waals surface area (Å²) in [6, 6.07) is 5.09. The lowest BCUT2D eigenvalue weighted by Crippen LogP contribution is -2.45. The molecule has 0 saturated carbocycles. The molecule has 1 unspecified atom stereocenters.